The molecular formula is C9H14N2O3S2. The van der Waals surface area contributed by atoms with Crippen molar-refractivity contribution in [2.45, 2.75) is 31.2 Å². The number of primary amides is 1. The van der Waals surface area contributed by atoms with Crippen LogP contribution in [0.4, 0.5) is 0 Å². The fourth-order valence-corrected chi connectivity index (χ4v) is 3.46. The van der Waals surface area contributed by atoms with E-state index in [1.807, 2.05) is 6.92 Å². The van der Waals surface area contributed by atoms with Crippen LogP contribution in [0.2, 0.25) is 0 Å². The number of thiophene rings is 1. The third kappa shape index (κ3) is 3.03. The molecular weight excluding hydrogens is 248 g/mol. The highest BCUT2D eigenvalue weighted by molar-refractivity contribution is 7.89. The van der Waals surface area contributed by atoms with E-state index in [1.165, 1.54) is 11.4 Å². The molecule has 0 saturated heterocycles. The Labute approximate surface area is 98.7 Å². The maximum atomic E-state index is 11.8. The highest BCUT2D eigenvalue weighted by atomic mass is 32.2. The number of carbonyl (C=O) groups is 1. The average molecular weight is 262 g/mol. The minimum absolute atomic E-state index is 0.0894. The van der Waals surface area contributed by atoms with E-state index >= 15 is 0 Å². The second-order valence-electron chi connectivity index (χ2n) is 3.44. The minimum atomic E-state index is -3.53. The SMILES string of the molecule is CC[C@H](C)NS(=O)(=O)c1csc(C(N)=O)c1. The van der Waals surface area contributed by atoms with Crippen LogP contribution in [0.1, 0.15) is 29.9 Å². The van der Waals surface area contributed by atoms with Gasteiger partial charge >= 0.3 is 0 Å². The molecule has 0 unspecified atom stereocenters. The fourth-order valence-electron chi connectivity index (χ4n) is 1.01. The Morgan fingerprint density at radius 3 is 2.69 bits per heavy atom. The third-order valence-electron chi connectivity index (χ3n) is 2.10. The van der Waals surface area contributed by atoms with Gasteiger partial charge in [-0.3, -0.25) is 4.79 Å². The normalized spacial score (nSPS) is 13.6. The van der Waals surface area contributed by atoms with Gasteiger partial charge in [-0.05, 0) is 19.4 Å². The molecule has 1 atom stereocenters. The van der Waals surface area contributed by atoms with E-state index in [9.17, 15) is 13.2 Å². The van der Waals surface area contributed by atoms with Crippen LogP contribution in [0.25, 0.3) is 0 Å². The van der Waals surface area contributed by atoms with Gasteiger partial charge in [-0.25, -0.2) is 13.1 Å². The van der Waals surface area contributed by atoms with Crippen molar-refractivity contribution < 1.29 is 13.2 Å². The number of sulfonamides is 1. The molecule has 0 spiro atoms. The van der Waals surface area contributed by atoms with Gasteiger partial charge in [-0.15, -0.1) is 11.3 Å². The molecule has 5 nitrogen and oxygen atoms in total. The molecule has 0 fully saturated rings. The Hall–Kier alpha value is -0.920. The molecule has 1 aromatic heterocycles. The van der Waals surface area contributed by atoms with Crippen LogP contribution < -0.4 is 10.5 Å². The number of amides is 1. The Kier molecular flexibility index (Phi) is 4.06. The van der Waals surface area contributed by atoms with Crippen LogP contribution >= 0.6 is 11.3 Å². The van der Waals surface area contributed by atoms with Crippen LogP contribution in [-0.4, -0.2) is 20.4 Å². The van der Waals surface area contributed by atoms with E-state index < -0.39 is 15.9 Å². The first kappa shape index (κ1) is 13.1. The highest BCUT2D eigenvalue weighted by Gasteiger charge is 2.19. The first-order valence-corrected chi connectivity index (χ1v) is 7.13. The van der Waals surface area contributed by atoms with E-state index in [0.717, 1.165) is 11.3 Å². The summed E-state index contributed by atoms with van der Waals surface area (Å²) < 4.78 is 26.1. The van der Waals surface area contributed by atoms with Gasteiger partial charge in [0.2, 0.25) is 10.0 Å². The molecule has 0 saturated carbocycles. The molecule has 0 aliphatic carbocycles. The zero-order valence-corrected chi connectivity index (χ0v) is 10.7. The number of nitrogens with one attached hydrogen (secondary N) is 1. The monoisotopic (exact) mass is 262 g/mol. The summed E-state index contributed by atoms with van der Waals surface area (Å²) in [5.74, 6) is -0.616. The molecule has 90 valence electrons. The van der Waals surface area contributed by atoms with Crippen molar-refractivity contribution in [3.05, 3.63) is 16.3 Å². The molecule has 7 heteroatoms. The topological polar surface area (TPSA) is 89.3 Å². The summed E-state index contributed by atoms with van der Waals surface area (Å²) >= 11 is 1.03. The molecule has 1 aromatic rings. The quantitative estimate of drug-likeness (QED) is 0.827. The second-order valence-corrected chi connectivity index (χ2v) is 6.07. The van der Waals surface area contributed by atoms with Crippen molar-refractivity contribution in [3.63, 3.8) is 0 Å². The van der Waals surface area contributed by atoms with Gasteiger partial charge < -0.3 is 5.73 Å². The van der Waals surface area contributed by atoms with Gasteiger partial charge in [0.15, 0.2) is 0 Å². The predicted molar refractivity (Wildman–Crippen MR) is 62.9 cm³/mol. The molecule has 0 radical (unpaired) electrons. The van der Waals surface area contributed by atoms with Crippen LogP contribution in [-0.2, 0) is 10.0 Å². The maximum Gasteiger partial charge on any atom is 0.258 e. The van der Waals surface area contributed by atoms with Crippen molar-refractivity contribution in [1.29, 1.82) is 0 Å². The second kappa shape index (κ2) is 4.94. The van der Waals surface area contributed by atoms with Crippen molar-refractivity contribution in [2.75, 3.05) is 0 Å². The minimum Gasteiger partial charge on any atom is -0.365 e. The zero-order valence-electron chi connectivity index (χ0n) is 9.06. The molecule has 1 rings (SSSR count). The highest BCUT2D eigenvalue weighted by Crippen LogP contribution is 2.19. The van der Waals surface area contributed by atoms with Gasteiger partial charge in [0.05, 0.1) is 9.77 Å². The standard InChI is InChI=1S/C9H14N2O3S2/c1-3-6(2)11-16(13,14)7-4-8(9(10)12)15-5-7/h4-6,11H,3H2,1-2H3,(H2,10,12)/t6-/m0/s1. The summed E-state index contributed by atoms with van der Waals surface area (Å²) in [6.45, 7) is 3.66. The van der Waals surface area contributed by atoms with Crippen molar-refractivity contribution >= 4 is 27.3 Å². The smallest absolute Gasteiger partial charge is 0.258 e. The van der Waals surface area contributed by atoms with Crippen molar-refractivity contribution in [3.8, 4) is 0 Å². The summed E-state index contributed by atoms with van der Waals surface area (Å²) in [5.41, 5.74) is 5.05. The zero-order chi connectivity index (χ0) is 12.3. The number of hydrogen-bond acceptors (Lipinski definition) is 4. The lowest BCUT2D eigenvalue weighted by molar-refractivity contribution is 0.100. The van der Waals surface area contributed by atoms with Gasteiger partial charge in [0.1, 0.15) is 0 Å². The number of rotatable bonds is 5. The molecule has 0 aliphatic rings. The van der Waals surface area contributed by atoms with Crippen LogP contribution in [0, 0.1) is 0 Å². The van der Waals surface area contributed by atoms with E-state index in [-0.39, 0.29) is 15.8 Å². The van der Waals surface area contributed by atoms with Gasteiger partial charge in [-0.1, -0.05) is 6.92 Å². The summed E-state index contributed by atoms with van der Waals surface area (Å²) in [6.07, 6.45) is 0.700. The summed E-state index contributed by atoms with van der Waals surface area (Å²) in [5, 5.41) is 1.41. The average Bonchev–Trinajstić information content (AvgIpc) is 2.66. The van der Waals surface area contributed by atoms with E-state index in [0.29, 0.717) is 6.42 Å². The van der Waals surface area contributed by atoms with Crippen LogP contribution in [0.15, 0.2) is 16.3 Å². The molecule has 1 heterocycles. The maximum absolute atomic E-state index is 11.8. The van der Waals surface area contributed by atoms with Crippen molar-refractivity contribution in [2.24, 2.45) is 5.73 Å². The Morgan fingerprint density at radius 1 is 1.62 bits per heavy atom. The van der Waals surface area contributed by atoms with E-state index in [4.69, 9.17) is 5.73 Å². The summed E-state index contributed by atoms with van der Waals surface area (Å²) in [7, 11) is -3.53. The Bertz CT molecular complexity index is 479. The van der Waals surface area contributed by atoms with Gasteiger partial charge in [-0.2, -0.15) is 0 Å². The lowest BCUT2D eigenvalue weighted by Crippen LogP contribution is -2.31. The first-order chi connectivity index (χ1) is 7.36. The predicted octanol–water partition coefficient (Wildman–Crippen LogP) is 0.924. The van der Waals surface area contributed by atoms with Crippen LogP contribution in [0.3, 0.4) is 0 Å². The molecule has 0 aliphatic heterocycles. The summed E-state index contributed by atoms with van der Waals surface area (Å²) in [6, 6.07) is 1.15. The lowest BCUT2D eigenvalue weighted by Gasteiger charge is -2.10. The summed E-state index contributed by atoms with van der Waals surface area (Å²) in [4.78, 5) is 11.2. The number of hydrogen-bond donors (Lipinski definition) is 2. The number of nitrogens with two attached hydrogens (primary N) is 1. The van der Waals surface area contributed by atoms with Gasteiger partial charge in [0.25, 0.3) is 5.91 Å². The first-order valence-electron chi connectivity index (χ1n) is 4.77. The fraction of sp³-hybridized carbons (Fsp3) is 0.444. The Morgan fingerprint density at radius 2 is 2.25 bits per heavy atom. The van der Waals surface area contributed by atoms with E-state index in [2.05, 4.69) is 4.72 Å². The lowest BCUT2D eigenvalue weighted by atomic mass is 10.3. The largest absolute Gasteiger partial charge is 0.365 e. The molecule has 3 N–H and O–H groups in total. The molecule has 0 aromatic carbocycles. The van der Waals surface area contributed by atoms with Crippen molar-refractivity contribution in [1.82, 2.24) is 4.72 Å². The van der Waals surface area contributed by atoms with E-state index in [1.54, 1.807) is 6.92 Å². The molecule has 0 bridgehead atoms. The van der Waals surface area contributed by atoms with Gasteiger partial charge in [0, 0.05) is 11.4 Å². The molecule has 16 heavy (non-hydrogen) atoms. The third-order valence-corrected chi connectivity index (χ3v) is 4.76. The molecule has 1 amide bonds. The Balaban J connectivity index is 2.94. The van der Waals surface area contributed by atoms with Crippen LogP contribution in [0.5, 0.6) is 0 Å². The number of carbonyl (C=O) groups excluding carboxylic acids is 1.